The van der Waals surface area contributed by atoms with Crippen molar-refractivity contribution < 1.29 is 17.9 Å². The number of sulfonamides is 1. The standard InChI is InChI=1S/C19H24N6O4S/c1-13-21-11-17(25(13)2)16-9-10-20-19(24-16)23-14-5-7-15(8-6-14)30(26,27)22-12-18(28-3)29-4/h5-11,18,22H,12H2,1-4H3,(H,20,23,24). The summed E-state index contributed by atoms with van der Waals surface area (Å²) in [7, 11) is 1.11. The second kappa shape index (κ2) is 9.30. The minimum absolute atomic E-state index is 0.00343. The van der Waals surface area contributed by atoms with E-state index in [9.17, 15) is 8.42 Å². The molecule has 10 nitrogen and oxygen atoms in total. The first-order valence-corrected chi connectivity index (χ1v) is 10.6. The minimum Gasteiger partial charge on any atom is -0.355 e. The van der Waals surface area contributed by atoms with Gasteiger partial charge in [-0.1, -0.05) is 0 Å². The van der Waals surface area contributed by atoms with Gasteiger partial charge in [0.05, 0.1) is 29.0 Å². The maximum atomic E-state index is 12.4. The molecule has 2 aromatic heterocycles. The van der Waals surface area contributed by atoms with Crippen LogP contribution < -0.4 is 10.0 Å². The second-order valence-electron chi connectivity index (χ2n) is 6.42. The Morgan fingerprint density at radius 1 is 1.10 bits per heavy atom. The highest BCUT2D eigenvalue weighted by molar-refractivity contribution is 7.89. The number of methoxy groups -OCH3 is 2. The van der Waals surface area contributed by atoms with Gasteiger partial charge in [0.2, 0.25) is 16.0 Å². The number of nitrogens with zero attached hydrogens (tertiary/aromatic N) is 4. The van der Waals surface area contributed by atoms with E-state index in [0.29, 0.717) is 11.6 Å². The van der Waals surface area contributed by atoms with Crippen molar-refractivity contribution in [2.75, 3.05) is 26.1 Å². The summed E-state index contributed by atoms with van der Waals surface area (Å²) in [5.74, 6) is 1.27. The summed E-state index contributed by atoms with van der Waals surface area (Å²) in [5.41, 5.74) is 2.25. The number of aryl methyl sites for hydroxylation is 1. The molecule has 2 heterocycles. The zero-order chi connectivity index (χ0) is 21.7. The van der Waals surface area contributed by atoms with Gasteiger partial charge in [-0.15, -0.1) is 0 Å². The van der Waals surface area contributed by atoms with Crippen molar-refractivity contribution in [3.63, 3.8) is 0 Å². The predicted molar refractivity (Wildman–Crippen MR) is 112 cm³/mol. The Hall–Kier alpha value is -2.86. The lowest BCUT2D eigenvalue weighted by Crippen LogP contribution is -2.34. The van der Waals surface area contributed by atoms with Gasteiger partial charge in [0, 0.05) is 33.2 Å². The molecule has 2 N–H and O–H groups in total. The summed E-state index contributed by atoms with van der Waals surface area (Å²) in [6.07, 6.45) is 2.75. The molecule has 0 aliphatic heterocycles. The van der Waals surface area contributed by atoms with Gasteiger partial charge in [-0.25, -0.2) is 28.1 Å². The van der Waals surface area contributed by atoms with E-state index in [1.54, 1.807) is 30.6 Å². The molecule has 160 valence electrons. The van der Waals surface area contributed by atoms with Gasteiger partial charge in [0.1, 0.15) is 5.82 Å². The van der Waals surface area contributed by atoms with E-state index in [1.807, 2.05) is 18.5 Å². The van der Waals surface area contributed by atoms with Crippen LogP contribution in [0.25, 0.3) is 11.4 Å². The van der Waals surface area contributed by atoms with Crippen molar-refractivity contribution in [2.45, 2.75) is 18.1 Å². The van der Waals surface area contributed by atoms with Gasteiger partial charge in [-0.2, -0.15) is 0 Å². The number of anilines is 2. The van der Waals surface area contributed by atoms with Crippen LogP contribution in [0, 0.1) is 6.92 Å². The Morgan fingerprint density at radius 2 is 1.80 bits per heavy atom. The molecule has 0 unspecified atom stereocenters. The van der Waals surface area contributed by atoms with Crippen molar-refractivity contribution >= 4 is 21.7 Å². The molecule has 11 heteroatoms. The Balaban J connectivity index is 1.72. The smallest absolute Gasteiger partial charge is 0.240 e. The summed E-state index contributed by atoms with van der Waals surface area (Å²) < 4.78 is 39.2. The third-order valence-corrected chi connectivity index (χ3v) is 5.96. The van der Waals surface area contributed by atoms with E-state index in [0.717, 1.165) is 17.2 Å². The van der Waals surface area contributed by atoms with Crippen LogP contribution in [-0.4, -0.2) is 55.0 Å². The first-order valence-electron chi connectivity index (χ1n) is 9.08. The molecule has 0 aliphatic carbocycles. The van der Waals surface area contributed by atoms with Crippen LogP contribution in [0.15, 0.2) is 47.6 Å². The van der Waals surface area contributed by atoms with Crippen molar-refractivity contribution in [3.05, 3.63) is 48.5 Å². The van der Waals surface area contributed by atoms with Gasteiger partial charge in [0.15, 0.2) is 6.29 Å². The Morgan fingerprint density at radius 3 is 2.40 bits per heavy atom. The Labute approximate surface area is 175 Å². The first-order chi connectivity index (χ1) is 14.3. The van der Waals surface area contributed by atoms with Crippen LogP contribution >= 0.6 is 0 Å². The highest BCUT2D eigenvalue weighted by Gasteiger charge is 2.16. The zero-order valence-corrected chi connectivity index (χ0v) is 18.0. The van der Waals surface area contributed by atoms with Crippen LogP contribution in [0.1, 0.15) is 5.82 Å². The van der Waals surface area contributed by atoms with Crippen LogP contribution in [0.4, 0.5) is 11.6 Å². The summed E-state index contributed by atoms with van der Waals surface area (Å²) in [6.45, 7) is 1.92. The van der Waals surface area contributed by atoms with Crippen molar-refractivity contribution in [3.8, 4) is 11.4 Å². The fraction of sp³-hybridized carbons (Fsp3) is 0.316. The number of nitrogens with one attached hydrogen (secondary N) is 2. The third-order valence-electron chi connectivity index (χ3n) is 4.53. The van der Waals surface area contributed by atoms with E-state index in [-0.39, 0.29) is 11.4 Å². The molecule has 0 fully saturated rings. The second-order valence-corrected chi connectivity index (χ2v) is 8.18. The molecular formula is C19H24N6O4S. The highest BCUT2D eigenvalue weighted by atomic mass is 32.2. The topological polar surface area (TPSA) is 120 Å². The van der Waals surface area contributed by atoms with Gasteiger partial charge >= 0.3 is 0 Å². The average Bonchev–Trinajstić information content (AvgIpc) is 3.08. The van der Waals surface area contributed by atoms with Crippen molar-refractivity contribution in [1.82, 2.24) is 24.2 Å². The molecule has 0 bridgehead atoms. The van der Waals surface area contributed by atoms with Crippen LogP contribution in [0.2, 0.25) is 0 Å². The molecule has 30 heavy (non-hydrogen) atoms. The van der Waals surface area contributed by atoms with Gasteiger partial charge < -0.3 is 19.4 Å². The quantitative estimate of drug-likeness (QED) is 0.491. The lowest BCUT2D eigenvalue weighted by molar-refractivity contribution is -0.0960. The molecule has 0 atom stereocenters. The lowest BCUT2D eigenvalue weighted by atomic mass is 10.3. The van der Waals surface area contributed by atoms with E-state index in [2.05, 4.69) is 25.0 Å². The van der Waals surface area contributed by atoms with E-state index < -0.39 is 16.3 Å². The lowest BCUT2D eigenvalue weighted by Gasteiger charge is -2.14. The maximum absolute atomic E-state index is 12.4. The zero-order valence-electron chi connectivity index (χ0n) is 17.2. The van der Waals surface area contributed by atoms with Crippen LogP contribution in [0.5, 0.6) is 0 Å². The summed E-state index contributed by atoms with van der Waals surface area (Å²) in [4.78, 5) is 13.1. The monoisotopic (exact) mass is 432 g/mol. The van der Waals surface area contributed by atoms with Gasteiger partial charge in [-0.05, 0) is 37.3 Å². The first kappa shape index (κ1) is 21.8. The molecule has 0 aliphatic rings. The number of aromatic nitrogens is 4. The highest BCUT2D eigenvalue weighted by Crippen LogP contribution is 2.21. The molecule has 1 aromatic carbocycles. The number of hydrogen-bond donors (Lipinski definition) is 2. The summed E-state index contributed by atoms with van der Waals surface area (Å²) >= 11 is 0. The molecule has 0 amide bonds. The molecule has 0 saturated heterocycles. The fourth-order valence-electron chi connectivity index (χ4n) is 2.67. The normalized spacial score (nSPS) is 11.8. The molecule has 0 saturated carbocycles. The van der Waals surface area contributed by atoms with Crippen LogP contribution in [-0.2, 0) is 26.5 Å². The number of benzene rings is 1. The third kappa shape index (κ3) is 5.00. The van der Waals surface area contributed by atoms with E-state index in [4.69, 9.17) is 9.47 Å². The van der Waals surface area contributed by atoms with E-state index >= 15 is 0 Å². The number of ether oxygens (including phenoxy) is 2. The fourth-order valence-corrected chi connectivity index (χ4v) is 3.69. The molecule has 3 rings (SSSR count). The summed E-state index contributed by atoms with van der Waals surface area (Å²) in [6, 6.07) is 8.07. The average molecular weight is 433 g/mol. The molecular weight excluding hydrogens is 408 g/mol. The largest absolute Gasteiger partial charge is 0.355 e. The number of hydrogen-bond acceptors (Lipinski definition) is 8. The summed E-state index contributed by atoms with van der Waals surface area (Å²) in [5, 5.41) is 3.08. The van der Waals surface area contributed by atoms with Crippen molar-refractivity contribution in [2.24, 2.45) is 7.05 Å². The predicted octanol–water partition coefficient (Wildman–Crippen LogP) is 1.83. The molecule has 0 radical (unpaired) electrons. The minimum atomic E-state index is -3.69. The molecule has 0 spiro atoms. The van der Waals surface area contributed by atoms with E-state index in [1.165, 1.54) is 26.4 Å². The van der Waals surface area contributed by atoms with Gasteiger partial charge in [0.25, 0.3) is 0 Å². The molecule has 3 aromatic rings. The number of imidazole rings is 1. The Bertz CT molecular complexity index is 1090. The SMILES string of the molecule is COC(CNS(=O)(=O)c1ccc(Nc2nccc(-c3cnc(C)n3C)n2)cc1)OC. The number of rotatable bonds is 9. The van der Waals surface area contributed by atoms with Crippen LogP contribution in [0.3, 0.4) is 0 Å². The van der Waals surface area contributed by atoms with Crippen molar-refractivity contribution in [1.29, 1.82) is 0 Å². The Kier molecular flexibility index (Phi) is 6.77. The van der Waals surface area contributed by atoms with Gasteiger partial charge in [-0.3, -0.25) is 0 Å². The maximum Gasteiger partial charge on any atom is 0.240 e.